The Labute approximate surface area is 93.4 Å². The molecule has 0 radical (unpaired) electrons. The van der Waals surface area contributed by atoms with Gasteiger partial charge in [0.15, 0.2) is 6.29 Å². The molecule has 0 aliphatic heterocycles. The van der Waals surface area contributed by atoms with E-state index in [9.17, 15) is 0 Å². The molecule has 0 aromatic heterocycles. The quantitative estimate of drug-likeness (QED) is 0.275. The Bertz CT molecular complexity index is 114. The minimum atomic E-state index is -0.270. The van der Waals surface area contributed by atoms with E-state index in [2.05, 4.69) is 0 Å². The van der Waals surface area contributed by atoms with E-state index in [-0.39, 0.29) is 6.29 Å². The van der Waals surface area contributed by atoms with Gasteiger partial charge < -0.3 is 22.7 Å². The van der Waals surface area contributed by atoms with E-state index in [1.165, 1.54) is 0 Å². The normalized spacial score (nSPS) is 13.0. The molecular formula is C8H19AlO5. The molecule has 0 saturated heterocycles. The van der Waals surface area contributed by atoms with Crippen molar-refractivity contribution >= 4 is 16.6 Å². The summed E-state index contributed by atoms with van der Waals surface area (Å²) in [5.74, 6) is 0. The molecule has 0 aromatic carbocycles. The lowest BCUT2D eigenvalue weighted by Gasteiger charge is -2.17. The maximum Gasteiger partial charge on any atom is 0.413 e. The van der Waals surface area contributed by atoms with Gasteiger partial charge >= 0.3 is 16.6 Å². The molecule has 5 nitrogen and oxygen atoms in total. The highest BCUT2D eigenvalue weighted by atomic mass is 27.1. The van der Waals surface area contributed by atoms with Crippen LogP contribution in [0, 0.1) is 0 Å². The van der Waals surface area contributed by atoms with Crippen LogP contribution in [0.5, 0.6) is 0 Å². The van der Waals surface area contributed by atoms with Gasteiger partial charge in [0.1, 0.15) is 0 Å². The van der Waals surface area contributed by atoms with Crippen LogP contribution in [0.3, 0.4) is 0 Å². The highest BCUT2D eigenvalue weighted by Crippen LogP contribution is 1.94. The van der Waals surface area contributed by atoms with Crippen molar-refractivity contribution in [2.75, 3.05) is 47.3 Å². The molecule has 0 aliphatic rings. The average Bonchev–Trinajstić information content (AvgIpc) is 2.22. The molecule has 0 aromatic rings. The van der Waals surface area contributed by atoms with Crippen LogP contribution < -0.4 is 0 Å². The van der Waals surface area contributed by atoms with Gasteiger partial charge in [0.2, 0.25) is 0 Å². The second-order valence-corrected chi connectivity index (χ2v) is 3.07. The van der Waals surface area contributed by atoms with Crippen molar-refractivity contribution in [3.8, 4) is 0 Å². The van der Waals surface area contributed by atoms with Crippen LogP contribution in [0.15, 0.2) is 0 Å². The molecule has 0 saturated carbocycles. The van der Waals surface area contributed by atoms with E-state index in [1.54, 1.807) is 14.2 Å². The zero-order valence-corrected chi connectivity index (χ0v) is 11.2. The van der Waals surface area contributed by atoms with Crippen LogP contribution in [0.1, 0.15) is 0 Å². The van der Waals surface area contributed by atoms with Gasteiger partial charge in [-0.1, -0.05) is 0 Å². The smallest absolute Gasteiger partial charge is 0.413 e. The maximum atomic E-state index is 5.33. The molecule has 1 atom stereocenters. The van der Waals surface area contributed by atoms with Crippen molar-refractivity contribution in [1.82, 2.24) is 0 Å². The molecule has 0 N–H and O–H groups in total. The Morgan fingerprint density at radius 3 is 2.21 bits per heavy atom. The predicted molar refractivity (Wildman–Crippen MR) is 53.9 cm³/mol. The van der Waals surface area contributed by atoms with Crippen molar-refractivity contribution in [2.45, 2.75) is 6.29 Å². The SMILES string of the molecule is COCCOCC([O][AlH2])OCCOC. The fourth-order valence-corrected chi connectivity index (χ4v) is 1.04. The molecule has 0 aliphatic carbocycles. The second kappa shape index (κ2) is 11.4. The van der Waals surface area contributed by atoms with Crippen LogP contribution >= 0.6 is 0 Å². The van der Waals surface area contributed by atoms with Gasteiger partial charge in [-0.15, -0.1) is 0 Å². The lowest BCUT2D eigenvalue weighted by atomic mass is 10.6. The first kappa shape index (κ1) is 14.3. The Hall–Kier alpha value is 0.332. The summed E-state index contributed by atoms with van der Waals surface area (Å²) in [7, 11) is 3.27. The van der Waals surface area contributed by atoms with E-state index in [1.807, 2.05) is 0 Å². The molecule has 0 bridgehead atoms. The monoisotopic (exact) mass is 222 g/mol. The molecular weight excluding hydrogens is 203 g/mol. The minimum Gasteiger partial charge on any atom is -0.483 e. The van der Waals surface area contributed by atoms with Crippen molar-refractivity contribution in [1.29, 1.82) is 0 Å². The first-order valence-electron chi connectivity index (χ1n) is 4.55. The average molecular weight is 222 g/mol. The number of ether oxygens (including phenoxy) is 4. The van der Waals surface area contributed by atoms with E-state index in [4.69, 9.17) is 22.7 Å². The highest BCUT2D eigenvalue weighted by Gasteiger charge is 2.05. The van der Waals surface area contributed by atoms with Gasteiger partial charge in [0.05, 0.1) is 33.0 Å². The Kier molecular flexibility index (Phi) is 11.7. The lowest BCUT2D eigenvalue weighted by molar-refractivity contribution is -0.129. The highest BCUT2D eigenvalue weighted by molar-refractivity contribution is 5.98. The van der Waals surface area contributed by atoms with E-state index >= 15 is 0 Å². The fourth-order valence-electron chi connectivity index (χ4n) is 0.769. The topological polar surface area (TPSA) is 46.2 Å². The van der Waals surface area contributed by atoms with Crippen LogP contribution in [0.25, 0.3) is 0 Å². The summed E-state index contributed by atoms with van der Waals surface area (Å²) in [4.78, 5) is 0. The Morgan fingerprint density at radius 2 is 1.64 bits per heavy atom. The summed E-state index contributed by atoms with van der Waals surface area (Å²) in [5, 5.41) is 0. The van der Waals surface area contributed by atoms with Gasteiger partial charge in [-0.2, -0.15) is 0 Å². The number of methoxy groups -OCH3 is 2. The molecule has 0 heterocycles. The van der Waals surface area contributed by atoms with Crippen molar-refractivity contribution in [2.24, 2.45) is 0 Å². The lowest BCUT2D eigenvalue weighted by Crippen LogP contribution is -2.25. The number of rotatable bonds is 10. The third-order valence-corrected chi connectivity index (χ3v) is 2.07. The molecule has 14 heavy (non-hydrogen) atoms. The standard InChI is InChI=1S/C8H17O5.Al.2H/c1-10-3-5-12-7-8(9)13-6-4-11-2;;;/h8H,3-7H2,1-2H3;;;/q-1;+1;;. The molecule has 1 unspecified atom stereocenters. The van der Waals surface area contributed by atoms with Crippen LogP contribution in [-0.2, 0) is 22.7 Å². The van der Waals surface area contributed by atoms with Gasteiger partial charge in [0.25, 0.3) is 0 Å². The summed E-state index contributed by atoms with van der Waals surface area (Å²) >= 11 is 0.633. The van der Waals surface area contributed by atoms with Crippen molar-refractivity contribution in [3.63, 3.8) is 0 Å². The fraction of sp³-hybridized carbons (Fsp3) is 1.00. The second-order valence-electron chi connectivity index (χ2n) is 2.60. The van der Waals surface area contributed by atoms with Gasteiger partial charge in [-0.25, -0.2) is 0 Å². The zero-order chi connectivity index (χ0) is 10.6. The summed E-state index contributed by atoms with van der Waals surface area (Å²) in [5.41, 5.74) is 0. The Morgan fingerprint density at radius 1 is 1.00 bits per heavy atom. The first-order valence-corrected chi connectivity index (χ1v) is 5.36. The summed E-state index contributed by atoms with van der Waals surface area (Å²) in [6.45, 7) is 2.69. The predicted octanol–water partition coefficient (Wildman–Crippen LogP) is -0.797. The van der Waals surface area contributed by atoms with Gasteiger partial charge in [0, 0.05) is 14.2 Å². The van der Waals surface area contributed by atoms with Gasteiger partial charge in [-0.05, 0) is 0 Å². The summed E-state index contributed by atoms with van der Waals surface area (Å²) < 4.78 is 25.5. The molecule has 0 fully saturated rings. The molecule has 0 rings (SSSR count). The minimum absolute atomic E-state index is 0.270. The van der Waals surface area contributed by atoms with E-state index in [0.29, 0.717) is 49.7 Å². The third kappa shape index (κ3) is 8.91. The van der Waals surface area contributed by atoms with Gasteiger partial charge in [-0.3, -0.25) is 0 Å². The number of hydrogen-bond donors (Lipinski definition) is 0. The Balaban J connectivity index is 3.28. The van der Waals surface area contributed by atoms with E-state index < -0.39 is 0 Å². The third-order valence-electron chi connectivity index (χ3n) is 1.54. The molecule has 6 heteroatoms. The molecule has 0 amide bonds. The van der Waals surface area contributed by atoms with Crippen LogP contribution in [0.4, 0.5) is 0 Å². The maximum absolute atomic E-state index is 5.33. The summed E-state index contributed by atoms with van der Waals surface area (Å²) in [6.07, 6.45) is -0.270. The molecule has 84 valence electrons. The molecule has 0 spiro atoms. The first-order chi connectivity index (χ1) is 6.85. The van der Waals surface area contributed by atoms with Crippen molar-refractivity contribution < 1.29 is 22.7 Å². The zero-order valence-electron chi connectivity index (χ0n) is 9.15. The largest absolute Gasteiger partial charge is 0.483 e. The van der Waals surface area contributed by atoms with Crippen LogP contribution in [0.2, 0.25) is 0 Å². The van der Waals surface area contributed by atoms with Crippen molar-refractivity contribution in [3.05, 3.63) is 0 Å². The number of hydrogen-bond acceptors (Lipinski definition) is 5. The van der Waals surface area contributed by atoms with E-state index in [0.717, 1.165) is 0 Å². The van der Waals surface area contributed by atoms with Crippen LogP contribution in [-0.4, -0.2) is 70.2 Å². The summed E-state index contributed by atoms with van der Waals surface area (Å²) in [6, 6.07) is 0.